The predicted molar refractivity (Wildman–Crippen MR) is 64.1 cm³/mol. The molecule has 2 heteroatoms. The van der Waals surface area contributed by atoms with E-state index >= 15 is 0 Å². The summed E-state index contributed by atoms with van der Waals surface area (Å²) in [5.41, 5.74) is 7.36. The number of rotatable bonds is 1. The van der Waals surface area contributed by atoms with E-state index in [1.54, 1.807) is 0 Å². The second kappa shape index (κ2) is 2.97. The van der Waals surface area contributed by atoms with E-state index in [0.29, 0.717) is 0 Å². The lowest BCUT2D eigenvalue weighted by Crippen LogP contribution is -2.18. The Hall–Kier alpha value is -1.05. The lowest BCUT2D eigenvalue weighted by molar-refractivity contribution is 0.741. The standard InChI is InChI=1S/C13H12ClN/c14-12-4-2-9-7-11(13(15)5-6-13)3-1-10(9)8-12/h1-4,7-8H,5-6,15H2. The third kappa shape index (κ3) is 1.52. The molecule has 2 aromatic carbocycles. The molecule has 0 amide bonds. The van der Waals surface area contributed by atoms with Crippen LogP contribution in [0.4, 0.5) is 0 Å². The molecule has 15 heavy (non-hydrogen) atoms. The summed E-state index contributed by atoms with van der Waals surface area (Å²) in [6.45, 7) is 0. The Morgan fingerprint density at radius 3 is 2.40 bits per heavy atom. The number of hydrogen-bond donors (Lipinski definition) is 1. The van der Waals surface area contributed by atoms with Gasteiger partial charge in [-0.25, -0.2) is 0 Å². The third-order valence-corrected chi connectivity index (χ3v) is 3.40. The van der Waals surface area contributed by atoms with Crippen molar-refractivity contribution in [3.8, 4) is 0 Å². The lowest BCUT2D eigenvalue weighted by atomic mass is 10.0. The first-order valence-corrected chi connectivity index (χ1v) is 5.54. The molecular weight excluding hydrogens is 206 g/mol. The predicted octanol–water partition coefficient (Wildman–Crippen LogP) is 3.44. The highest BCUT2D eigenvalue weighted by atomic mass is 35.5. The molecule has 0 aliphatic heterocycles. The van der Waals surface area contributed by atoms with Crippen LogP contribution >= 0.6 is 11.6 Å². The van der Waals surface area contributed by atoms with Gasteiger partial charge in [0.05, 0.1) is 0 Å². The quantitative estimate of drug-likeness (QED) is 0.778. The summed E-state index contributed by atoms with van der Waals surface area (Å²) < 4.78 is 0. The number of hydrogen-bond acceptors (Lipinski definition) is 1. The third-order valence-electron chi connectivity index (χ3n) is 3.17. The van der Waals surface area contributed by atoms with Gasteiger partial charge in [0.2, 0.25) is 0 Å². The molecule has 0 bridgehead atoms. The van der Waals surface area contributed by atoms with Gasteiger partial charge < -0.3 is 5.73 Å². The van der Waals surface area contributed by atoms with Gasteiger partial charge in [-0.05, 0) is 47.4 Å². The van der Waals surface area contributed by atoms with Gasteiger partial charge in [-0.1, -0.05) is 29.8 Å². The van der Waals surface area contributed by atoms with Crippen molar-refractivity contribution in [1.29, 1.82) is 0 Å². The number of benzene rings is 2. The Balaban J connectivity index is 2.18. The zero-order valence-electron chi connectivity index (χ0n) is 8.33. The van der Waals surface area contributed by atoms with E-state index < -0.39 is 0 Å². The van der Waals surface area contributed by atoms with Crippen molar-refractivity contribution in [2.24, 2.45) is 5.73 Å². The van der Waals surface area contributed by atoms with E-state index in [9.17, 15) is 0 Å². The highest BCUT2D eigenvalue weighted by molar-refractivity contribution is 6.31. The van der Waals surface area contributed by atoms with Gasteiger partial charge >= 0.3 is 0 Å². The van der Waals surface area contributed by atoms with Gasteiger partial charge in [-0.3, -0.25) is 0 Å². The molecule has 0 unspecified atom stereocenters. The van der Waals surface area contributed by atoms with Crippen molar-refractivity contribution < 1.29 is 0 Å². The maximum atomic E-state index is 6.16. The summed E-state index contributed by atoms with van der Waals surface area (Å²) in [5, 5.41) is 3.17. The van der Waals surface area contributed by atoms with E-state index in [1.807, 2.05) is 18.2 Å². The van der Waals surface area contributed by atoms with Crippen LogP contribution in [0.5, 0.6) is 0 Å². The average molecular weight is 218 g/mol. The Morgan fingerprint density at radius 2 is 1.67 bits per heavy atom. The van der Waals surface area contributed by atoms with Crippen molar-refractivity contribution in [3.63, 3.8) is 0 Å². The number of nitrogens with two attached hydrogens (primary N) is 1. The molecular formula is C13H12ClN. The fourth-order valence-electron chi connectivity index (χ4n) is 1.95. The summed E-state index contributed by atoms with van der Waals surface area (Å²) in [6.07, 6.45) is 2.21. The summed E-state index contributed by atoms with van der Waals surface area (Å²) in [7, 11) is 0. The number of halogens is 1. The van der Waals surface area contributed by atoms with E-state index in [1.165, 1.54) is 16.3 Å². The highest BCUT2D eigenvalue weighted by Gasteiger charge is 2.39. The van der Waals surface area contributed by atoms with Crippen LogP contribution in [0.25, 0.3) is 10.8 Å². The van der Waals surface area contributed by atoms with Gasteiger partial charge in [-0.15, -0.1) is 0 Å². The van der Waals surface area contributed by atoms with Gasteiger partial charge in [0, 0.05) is 10.6 Å². The highest BCUT2D eigenvalue weighted by Crippen LogP contribution is 2.43. The van der Waals surface area contributed by atoms with Crippen molar-refractivity contribution in [1.82, 2.24) is 0 Å². The Labute approximate surface area is 93.8 Å². The zero-order chi connectivity index (χ0) is 10.5. The van der Waals surface area contributed by atoms with Crippen LogP contribution in [0.2, 0.25) is 5.02 Å². The van der Waals surface area contributed by atoms with Gasteiger partial charge in [0.1, 0.15) is 0 Å². The molecule has 76 valence electrons. The maximum absolute atomic E-state index is 6.16. The van der Waals surface area contributed by atoms with Crippen LogP contribution in [0.3, 0.4) is 0 Å². The Morgan fingerprint density at radius 1 is 1.00 bits per heavy atom. The van der Waals surface area contributed by atoms with Crippen LogP contribution < -0.4 is 5.73 Å². The van der Waals surface area contributed by atoms with Gasteiger partial charge in [-0.2, -0.15) is 0 Å². The molecule has 0 radical (unpaired) electrons. The van der Waals surface area contributed by atoms with E-state index in [-0.39, 0.29) is 5.54 Å². The van der Waals surface area contributed by atoms with Gasteiger partial charge in [0.15, 0.2) is 0 Å². The van der Waals surface area contributed by atoms with E-state index in [0.717, 1.165) is 17.9 Å². The lowest BCUT2D eigenvalue weighted by Gasteiger charge is -2.10. The van der Waals surface area contributed by atoms with Crippen LogP contribution in [0, 0.1) is 0 Å². The summed E-state index contributed by atoms with van der Waals surface area (Å²) in [5.74, 6) is 0. The normalized spacial score (nSPS) is 18.0. The fourth-order valence-corrected chi connectivity index (χ4v) is 2.13. The van der Waals surface area contributed by atoms with Crippen LogP contribution in [0.15, 0.2) is 36.4 Å². The van der Waals surface area contributed by atoms with E-state index in [2.05, 4.69) is 18.2 Å². The second-order valence-electron chi connectivity index (χ2n) is 4.36. The molecule has 0 aromatic heterocycles. The van der Waals surface area contributed by atoms with Crippen LogP contribution in [-0.2, 0) is 5.54 Å². The fraction of sp³-hybridized carbons (Fsp3) is 0.231. The first-order valence-electron chi connectivity index (χ1n) is 5.16. The van der Waals surface area contributed by atoms with Gasteiger partial charge in [0.25, 0.3) is 0 Å². The Kier molecular flexibility index (Phi) is 1.82. The molecule has 0 spiro atoms. The number of fused-ring (bicyclic) bond motifs is 1. The van der Waals surface area contributed by atoms with Crippen molar-refractivity contribution in [3.05, 3.63) is 47.0 Å². The second-order valence-corrected chi connectivity index (χ2v) is 4.80. The minimum atomic E-state index is -0.0478. The first kappa shape index (κ1) is 9.20. The van der Waals surface area contributed by atoms with Crippen molar-refractivity contribution >= 4 is 22.4 Å². The molecule has 1 aliphatic carbocycles. The Bertz CT molecular complexity index is 529. The SMILES string of the molecule is NC1(c2ccc3cc(Cl)ccc3c2)CC1. The largest absolute Gasteiger partial charge is 0.321 e. The minimum Gasteiger partial charge on any atom is -0.321 e. The molecule has 1 nitrogen and oxygen atoms in total. The molecule has 0 heterocycles. The molecule has 1 aliphatic rings. The first-order chi connectivity index (χ1) is 7.17. The molecule has 1 fully saturated rings. The monoisotopic (exact) mass is 217 g/mol. The smallest absolute Gasteiger partial charge is 0.0412 e. The molecule has 2 N–H and O–H groups in total. The topological polar surface area (TPSA) is 26.0 Å². The molecule has 0 saturated heterocycles. The molecule has 0 atom stereocenters. The molecule has 2 aromatic rings. The van der Waals surface area contributed by atoms with Crippen LogP contribution in [0.1, 0.15) is 18.4 Å². The molecule has 3 rings (SSSR count). The van der Waals surface area contributed by atoms with E-state index in [4.69, 9.17) is 17.3 Å². The summed E-state index contributed by atoms with van der Waals surface area (Å²) >= 11 is 5.94. The van der Waals surface area contributed by atoms with Crippen molar-refractivity contribution in [2.45, 2.75) is 18.4 Å². The summed E-state index contributed by atoms with van der Waals surface area (Å²) in [6, 6.07) is 12.3. The average Bonchev–Trinajstić information content (AvgIpc) is 2.97. The van der Waals surface area contributed by atoms with Crippen LogP contribution in [-0.4, -0.2) is 0 Å². The summed E-state index contributed by atoms with van der Waals surface area (Å²) in [4.78, 5) is 0. The molecule has 1 saturated carbocycles. The maximum Gasteiger partial charge on any atom is 0.0412 e. The van der Waals surface area contributed by atoms with Crippen molar-refractivity contribution in [2.75, 3.05) is 0 Å². The minimum absolute atomic E-state index is 0.0478. The zero-order valence-corrected chi connectivity index (χ0v) is 9.09.